The molecule has 0 N–H and O–H groups in total. The van der Waals surface area contributed by atoms with Crippen LogP contribution in [0.4, 0.5) is 0 Å². The Morgan fingerprint density at radius 1 is 1.00 bits per heavy atom. The van der Waals surface area contributed by atoms with Crippen LogP contribution in [0, 0.1) is 34.3 Å². The Hall–Kier alpha value is -1.00. The fourth-order valence-electron chi connectivity index (χ4n) is 6.83. The summed E-state index contributed by atoms with van der Waals surface area (Å²) >= 11 is 0. The second-order valence-corrected chi connectivity index (χ2v) is 8.82. The third kappa shape index (κ3) is 0.976. The Bertz CT molecular complexity index is 599. The van der Waals surface area contributed by atoms with Crippen LogP contribution in [0.2, 0.25) is 0 Å². The Morgan fingerprint density at radius 3 is 2.38 bits per heavy atom. The Kier molecular flexibility index (Phi) is 1.90. The zero-order valence-electron chi connectivity index (χ0n) is 13.3. The monoisotopic (exact) mass is 288 g/mol. The number of fused-ring (bicyclic) bond motifs is 3. The van der Waals surface area contributed by atoms with Gasteiger partial charge < -0.3 is 5.21 Å². The molecular formula is C16H24N4O. The molecule has 5 heteroatoms. The molecule has 0 spiro atoms. The highest BCUT2D eigenvalue weighted by molar-refractivity contribution is 5.30. The van der Waals surface area contributed by atoms with Crippen molar-refractivity contribution >= 4 is 0 Å². The van der Waals surface area contributed by atoms with Crippen LogP contribution in [0.5, 0.6) is 0 Å². The quantitative estimate of drug-likeness (QED) is 0.498. The smallest absolute Gasteiger partial charge is 0.209 e. The van der Waals surface area contributed by atoms with E-state index in [1.54, 1.807) is 0 Å². The minimum Gasteiger partial charge on any atom is -0.599 e. The highest BCUT2D eigenvalue weighted by atomic mass is 16.5. The van der Waals surface area contributed by atoms with Crippen molar-refractivity contribution in [2.75, 3.05) is 0 Å². The molecule has 0 radical (unpaired) electrons. The molecule has 21 heavy (non-hydrogen) atoms. The molecule has 3 fully saturated rings. The summed E-state index contributed by atoms with van der Waals surface area (Å²) in [6, 6.07) is 0.553. The molecule has 114 valence electrons. The molecule has 0 aromatic carbocycles. The second kappa shape index (κ2) is 3.18. The lowest BCUT2D eigenvalue weighted by Gasteiger charge is -2.41. The fourth-order valence-corrected chi connectivity index (χ4v) is 6.83. The minimum absolute atomic E-state index is 0.202. The van der Waals surface area contributed by atoms with E-state index in [1.165, 1.54) is 19.3 Å². The van der Waals surface area contributed by atoms with Gasteiger partial charge in [-0.05, 0) is 36.7 Å². The van der Waals surface area contributed by atoms with Crippen LogP contribution in [-0.4, -0.2) is 28.0 Å². The van der Waals surface area contributed by atoms with Crippen LogP contribution in [0.25, 0.3) is 0 Å². The predicted molar refractivity (Wildman–Crippen MR) is 76.9 cm³/mol. The minimum atomic E-state index is -0.428. The van der Waals surface area contributed by atoms with Crippen molar-refractivity contribution in [2.45, 2.75) is 70.1 Å². The maximum atomic E-state index is 12.8. The van der Waals surface area contributed by atoms with E-state index in [1.807, 2.05) is 0 Å². The molecule has 3 saturated carbocycles. The van der Waals surface area contributed by atoms with Crippen LogP contribution >= 0.6 is 0 Å². The topological polar surface area (TPSA) is 63.1 Å². The van der Waals surface area contributed by atoms with E-state index in [0.29, 0.717) is 29.7 Å². The van der Waals surface area contributed by atoms with Gasteiger partial charge in [-0.2, -0.15) is 10.2 Å². The van der Waals surface area contributed by atoms with Crippen LogP contribution in [0.3, 0.4) is 0 Å². The van der Waals surface area contributed by atoms with Gasteiger partial charge in [0.05, 0.1) is 22.9 Å². The Balaban J connectivity index is 1.78. The van der Waals surface area contributed by atoms with Gasteiger partial charge in [-0.3, -0.25) is 0 Å². The molecule has 0 unspecified atom stereocenters. The molecule has 0 aromatic rings. The molecule has 0 amide bonds. The maximum absolute atomic E-state index is 12.8. The predicted octanol–water partition coefficient (Wildman–Crippen LogP) is 3.39. The molecule has 2 heterocycles. The lowest BCUT2D eigenvalue weighted by atomic mass is 9.61. The average molecular weight is 288 g/mol. The van der Waals surface area contributed by atoms with Crippen molar-refractivity contribution in [2.24, 2.45) is 44.4 Å². The summed E-state index contributed by atoms with van der Waals surface area (Å²) in [5.74, 6) is 1.90. The third-order valence-corrected chi connectivity index (χ3v) is 8.49. The lowest BCUT2D eigenvalue weighted by molar-refractivity contribution is -0.613. The van der Waals surface area contributed by atoms with Gasteiger partial charge in [0.15, 0.2) is 0 Å². The van der Waals surface area contributed by atoms with E-state index >= 15 is 0 Å². The lowest BCUT2D eigenvalue weighted by Crippen LogP contribution is -2.53. The first-order chi connectivity index (χ1) is 9.84. The summed E-state index contributed by atoms with van der Waals surface area (Å²) in [5.41, 5.74) is -0.837. The van der Waals surface area contributed by atoms with Gasteiger partial charge in [0.1, 0.15) is 6.04 Å². The van der Waals surface area contributed by atoms with Gasteiger partial charge in [-0.25, -0.2) is 0 Å². The van der Waals surface area contributed by atoms with E-state index < -0.39 is 5.54 Å². The van der Waals surface area contributed by atoms with Gasteiger partial charge >= 0.3 is 0 Å². The summed E-state index contributed by atoms with van der Waals surface area (Å²) in [6.07, 6.45) is 3.73. The van der Waals surface area contributed by atoms with Gasteiger partial charge in [-0.15, -0.1) is 0 Å². The highest BCUT2D eigenvalue weighted by Gasteiger charge is 2.84. The number of hydrogen-bond donors (Lipinski definition) is 0. The number of nitrogens with zero attached hydrogens (tertiary/aromatic N) is 4. The molecule has 0 aromatic heterocycles. The summed E-state index contributed by atoms with van der Waals surface area (Å²) in [6.45, 7) is 8.81. The number of hydroxylamine groups is 1. The first-order valence-electron chi connectivity index (χ1n) is 8.44. The Labute approximate surface area is 125 Å². The Morgan fingerprint density at radius 2 is 1.67 bits per heavy atom. The normalized spacial score (nSPS) is 61.8. The molecule has 0 bridgehead atoms. The van der Waals surface area contributed by atoms with Crippen LogP contribution in [-0.2, 0) is 0 Å². The molecule has 2 aliphatic heterocycles. The fraction of sp³-hybridized carbons (Fsp3) is 1.00. The van der Waals surface area contributed by atoms with Crippen LogP contribution in [0.1, 0.15) is 47.0 Å². The maximum Gasteiger partial charge on any atom is 0.209 e. The molecule has 5 rings (SSSR count). The molecule has 5 aliphatic rings. The van der Waals surface area contributed by atoms with Crippen molar-refractivity contribution in [3.8, 4) is 0 Å². The van der Waals surface area contributed by atoms with Gasteiger partial charge in [0, 0.05) is 12.8 Å². The third-order valence-electron chi connectivity index (χ3n) is 8.49. The van der Waals surface area contributed by atoms with E-state index in [4.69, 9.17) is 10.2 Å². The van der Waals surface area contributed by atoms with Gasteiger partial charge in [0.25, 0.3) is 0 Å². The summed E-state index contributed by atoms with van der Waals surface area (Å²) in [4.78, 5) is 1.08. The standard InChI is InChI=1S/C16H24N4O/c1-14(2)15(3)10-11-13(18-20(21)16(11,14)4)9-7-5-6-8(9)12(10)17-19-15/h8-13H,5-7H2,1-4H3/t8-,9+,10+,11-,12-,13+,15-,16+/m1/s1. The van der Waals surface area contributed by atoms with Crippen LogP contribution in [0.15, 0.2) is 15.3 Å². The molecule has 3 aliphatic carbocycles. The second-order valence-electron chi connectivity index (χ2n) is 8.82. The van der Waals surface area contributed by atoms with Crippen molar-refractivity contribution in [3.05, 3.63) is 5.21 Å². The summed E-state index contributed by atoms with van der Waals surface area (Å²) < 4.78 is 0. The van der Waals surface area contributed by atoms with Crippen molar-refractivity contribution in [3.63, 3.8) is 0 Å². The average Bonchev–Trinajstić information content (AvgIpc) is 3.10. The zero-order chi connectivity index (χ0) is 14.8. The van der Waals surface area contributed by atoms with Crippen molar-refractivity contribution in [1.29, 1.82) is 0 Å². The number of hydrogen-bond acceptors (Lipinski definition) is 4. The van der Waals surface area contributed by atoms with Crippen LogP contribution < -0.4 is 0 Å². The summed E-state index contributed by atoms with van der Waals surface area (Å²) in [7, 11) is 0. The number of rotatable bonds is 0. The first kappa shape index (κ1) is 12.5. The highest BCUT2D eigenvalue weighted by Crippen LogP contribution is 2.72. The van der Waals surface area contributed by atoms with Gasteiger partial charge in [0.2, 0.25) is 5.54 Å². The van der Waals surface area contributed by atoms with Crippen molar-refractivity contribution in [1.82, 2.24) is 0 Å². The van der Waals surface area contributed by atoms with Gasteiger partial charge in [-0.1, -0.05) is 25.1 Å². The molecule has 0 saturated heterocycles. The molecule has 8 atom stereocenters. The van der Waals surface area contributed by atoms with E-state index in [2.05, 4.69) is 32.8 Å². The number of azo groups is 2. The first-order valence-corrected chi connectivity index (χ1v) is 8.44. The summed E-state index contributed by atoms with van der Waals surface area (Å²) in [5, 5.41) is 27.0. The molecular weight excluding hydrogens is 264 g/mol. The molecule has 5 nitrogen and oxygen atoms in total. The largest absolute Gasteiger partial charge is 0.599 e. The van der Waals surface area contributed by atoms with E-state index in [-0.39, 0.29) is 17.0 Å². The van der Waals surface area contributed by atoms with E-state index in [9.17, 15) is 5.21 Å². The zero-order valence-corrected chi connectivity index (χ0v) is 13.3. The van der Waals surface area contributed by atoms with E-state index in [0.717, 1.165) is 4.86 Å². The SMILES string of the molecule is CC1(C)[C@]2(C)N=N[C@@H]3[C@@H]4CCC[C@@H]4[C@@H]4N=[N+]([O-])[C@@]1(C)[C@@H]4[C@@H]32. The van der Waals surface area contributed by atoms with Crippen molar-refractivity contribution < 1.29 is 4.86 Å².